The van der Waals surface area contributed by atoms with Crippen LogP contribution >= 0.6 is 0 Å². The number of hydrogen-bond donors (Lipinski definition) is 1. The number of hydrogen-bond acceptors (Lipinski definition) is 4. The summed E-state index contributed by atoms with van der Waals surface area (Å²) in [5.74, 6) is -0.556. The molecule has 5 heteroatoms. The Morgan fingerprint density at radius 2 is 1.89 bits per heavy atom. The van der Waals surface area contributed by atoms with Crippen LogP contribution in [0.4, 0.5) is 0 Å². The number of fused-ring (bicyclic) bond motifs is 1. The average Bonchev–Trinajstić information content (AvgIpc) is 3.14. The molecule has 0 aliphatic heterocycles. The molecule has 1 aromatic carbocycles. The quantitative estimate of drug-likeness (QED) is 0.673. The van der Waals surface area contributed by atoms with Crippen molar-refractivity contribution in [2.75, 3.05) is 0 Å². The first kappa shape index (κ1) is 21.0. The Hall–Kier alpha value is -1.72. The fraction of sp³-hybridized carbons (Fsp3) is 0.652. The van der Waals surface area contributed by atoms with Crippen LogP contribution in [0, 0.1) is 23.2 Å². The van der Waals surface area contributed by atoms with E-state index in [4.69, 9.17) is 4.84 Å². The second-order valence-corrected chi connectivity index (χ2v) is 9.45. The van der Waals surface area contributed by atoms with Gasteiger partial charge in [-0.05, 0) is 42.1 Å². The minimum absolute atomic E-state index is 0.0747. The van der Waals surface area contributed by atoms with Crippen molar-refractivity contribution in [3.63, 3.8) is 0 Å². The largest absolute Gasteiger partial charge is 0.480 e. The number of carboxylic acids is 1. The summed E-state index contributed by atoms with van der Waals surface area (Å²) in [5, 5.41) is 11.6. The molecule has 2 saturated carbocycles. The van der Waals surface area contributed by atoms with Gasteiger partial charge in [0.2, 0.25) is 0 Å². The summed E-state index contributed by atoms with van der Waals surface area (Å²) < 4.78 is 0. The number of ketones is 1. The molecule has 1 aromatic rings. The smallest absolute Gasteiger partial charge is 0.323 e. The maximum Gasteiger partial charge on any atom is 0.323 e. The molecule has 0 radical (unpaired) electrons. The summed E-state index contributed by atoms with van der Waals surface area (Å²) in [4.78, 5) is 31.9. The fourth-order valence-corrected chi connectivity index (χ4v) is 5.27. The lowest BCUT2D eigenvalue weighted by Gasteiger charge is -2.40. The van der Waals surface area contributed by atoms with Gasteiger partial charge >= 0.3 is 5.97 Å². The Labute approximate surface area is 168 Å². The zero-order valence-electron chi connectivity index (χ0n) is 17.6. The summed E-state index contributed by atoms with van der Waals surface area (Å²) in [6.07, 6.45) is 2.23. The van der Waals surface area contributed by atoms with E-state index in [0.717, 1.165) is 18.4 Å². The molecule has 28 heavy (non-hydrogen) atoms. The molecular weight excluding hydrogens is 354 g/mol. The number of aliphatic carboxylic acids is 1. The number of carbonyl (C=O) groups is 2. The highest BCUT2D eigenvalue weighted by Crippen LogP contribution is 2.70. The highest BCUT2D eigenvalue weighted by molar-refractivity contribution is 5.97. The summed E-state index contributed by atoms with van der Waals surface area (Å²) in [7, 11) is 0. The van der Waals surface area contributed by atoms with E-state index in [2.05, 4.69) is 13.8 Å². The molecule has 4 atom stereocenters. The van der Waals surface area contributed by atoms with Crippen LogP contribution in [0.25, 0.3) is 0 Å². The second kappa shape index (κ2) is 7.60. The van der Waals surface area contributed by atoms with Crippen LogP contribution in [0.5, 0.6) is 0 Å². The number of carboxylic acid groups (broad SMARTS) is 1. The lowest BCUT2D eigenvalue weighted by Crippen LogP contribution is -2.57. The topological polar surface area (TPSA) is 66.8 Å². The van der Waals surface area contributed by atoms with Crippen LogP contribution in [0.3, 0.4) is 0 Å². The molecule has 0 heterocycles. The Kier molecular flexibility index (Phi) is 5.70. The Bertz CT molecular complexity index is 729. The Morgan fingerprint density at radius 3 is 2.46 bits per heavy atom. The van der Waals surface area contributed by atoms with E-state index in [-0.39, 0.29) is 35.6 Å². The zero-order valence-corrected chi connectivity index (χ0v) is 17.6. The molecule has 0 saturated heterocycles. The van der Waals surface area contributed by atoms with Crippen LogP contribution in [0.2, 0.25) is 0 Å². The van der Waals surface area contributed by atoms with E-state index >= 15 is 0 Å². The molecule has 0 bridgehead atoms. The molecule has 1 N–H and O–H groups in total. The number of nitrogens with zero attached hydrogens (tertiary/aromatic N) is 1. The minimum atomic E-state index is -0.927. The van der Waals surface area contributed by atoms with Gasteiger partial charge in [0.1, 0.15) is 11.6 Å². The first-order chi connectivity index (χ1) is 13.1. The maximum absolute atomic E-state index is 13.5. The van der Waals surface area contributed by atoms with Crippen molar-refractivity contribution in [3.05, 3.63) is 35.9 Å². The molecule has 0 spiro atoms. The number of hydroxylamine groups is 2. The standard InChI is InChI=1S/C23H33NO4/c1-15(2)13-18(21(26)27)24(28-14-17-9-7-6-8-10-17)23-19(22(23,4)5)12-11-16(3)20(23)25/h6-10,15-16,18-19H,11-14H2,1-5H3,(H,26,27)/t16?,18-,19?,23?/m0/s1. The van der Waals surface area contributed by atoms with Gasteiger partial charge in [-0.1, -0.05) is 65.0 Å². The van der Waals surface area contributed by atoms with E-state index in [1.807, 2.05) is 51.1 Å². The van der Waals surface area contributed by atoms with Crippen LogP contribution < -0.4 is 0 Å². The van der Waals surface area contributed by atoms with Gasteiger partial charge in [0.25, 0.3) is 0 Å². The molecular formula is C23H33NO4. The van der Waals surface area contributed by atoms with Crippen molar-refractivity contribution in [2.24, 2.45) is 23.2 Å². The van der Waals surface area contributed by atoms with Gasteiger partial charge in [0.15, 0.2) is 5.78 Å². The lowest BCUT2D eigenvalue weighted by atomic mass is 9.83. The molecule has 154 valence electrons. The van der Waals surface area contributed by atoms with E-state index in [0.29, 0.717) is 6.42 Å². The zero-order chi connectivity index (χ0) is 20.7. The monoisotopic (exact) mass is 387 g/mol. The van der Waals surface area contributed by atoms with Gasteiger partial charge in [0.05, 0.1) is 6.61 Å². The van der Waals surface area contributed by atoms with Crippen molar-refractivity contribution >= 4 is 11.8 Å². The van der Waals surface area contributed by atoms with Crippen LogP contribution in [0.1, 0.15) is 59.4 Å². The van der Waals surface area contributed by atoms with Crippen LogP contribution in [0.15, 0.2) is 30.3 Å². The molecule has 2 aliphatic carbocycles. The van der Waals surface area contributed by atoms with Crippen molar-refractivity contribution in [1.29, 1.82) is 0 Å². The van der Waals surface area contributed by atoms with Gasteiger partial charge in [0, 0.05) is 5.92 Å². The van der Waals surface area contributed by atoms with Crippen LogP contribution in [-0.2, 0) is 21.0 Å². The highest BCUT2D eigenvalue weighted by atomic mass is 16.7. The fourth-order valence-electron chi connectivity index (χ4n) is 5.27. The Morgan fingerprint density at radius 1 is 1.25 bits per heavy atom. The molecule has 0 aromatic heterocycles. The van der Waals surface area contributed by atoms with E-state index in [1.165, 1.54) is 0 Å². The summed E-state index contributed by atoms with van der Waals surface area (Å²) in [6, 6.07) is 8.86. The van der Waals surface area contributed by atoms with Crippen molar-refractivity contribution in [1.82, 2.24) is 5.06 Å². The maximum atomic E-state index is 13.5. The summed E-state index contributed by atoms with van der Waals surface area (Å²) in [5.41, 5.74) is -0.183. The number of benzene rings is 1. The minimum Gasteiger partial charge on any atom is -0.480 e. The van der Waals surface area contributed by atoms with E-state index < -0.39 is 17.6 Å². The molecule has 2 aliphatic rings. The molecule has 0 amide bonds. The van der Waals surface area contributed by atoms with Gasteiger partial charge in [-0.3, -0.25) is 14.4 Å². The summed E-state index contributed by atoms with van der Waals surface area (Å²) >= 11 is 0. The van der Waals surface area contributed by atoms with Gasteiger partial charge in [-0.2, -0.15) is 5.06 Å². The Balaban J connectivity index is 1.99. The number of rotatable bonds is 8. The number of carbonyl (C=O) groups excluding carboxylic acids is 1. The average molecular weight is 388 g/mol. The highest BCUT2D eigenvalue weighted by Gasteiger charge is 2.80. The van der Waals surface area contributed by atoms with Gasteiger partial charge in [-0.25, -0.2) is 0 Å². The predicted octanol–water partition coefficient (Wildman–Crippen LogP) is 4.31. The second-order valence-electron chi connectivity index (χ2n) is 9.45. The molecule has 3 unspecified atom stereocenters. The number of Topliss-reactive ketones (excluding diaryl/α,β-unsaturated/α-hetero) is 1. The molecule has 3 rings (SSSR count). The first-order valence-corrected chi connectivity index (χ1v) is 10.4. The van der Waals surface area contributed by atoms with E-state index in [9.17, 15) is 14.7 Å². The van der Waals surface area contributed by atoms with E-state index in [1.54, 1.807) is 5.06 Å². The predicted molar refractivity (Wildman–Crippen MR) is 107 cm³/mol. The third kappa shape index (κ3) is 3.29. The van der Waals surface area contributed by atoms with Crippen molar-refractivity contribution in [3.8, 4) is 0 Å². The first-order valence-electron chi connectivity index (χ1n) is 10.4. The summed E-state index contributed by atoms with van der Waals surface area (Å²) in [6.45, 7) is 10.4. The third-order valence-electron chi connectivity index (χ3n) is 6.81. The normalized spacial score (nSPS) is 29.6. The van der Waals surface area contributed by atoms with Gasteiger partial charge in [-0.15, -0.1) is 0 Å². The molecule has 2 fully saturated rings. The van der Waals surface area contributed by atoms with Crippen molar-refractivity contribution in [2.45, 2.75) is 72.1 Å². The third-order valence-corrected chi connectivity index (χ3v) is 6.81. The van der Waals surface area contributed by atoms with Crippen LogP contribution in [-0.4, -0.2) is 33.5 Å². The lowest BCUT2D eigenvalue weighted by molar-refractivity contribution is -0.243. The van der Waals surface area contributed by atoms with Gasteiger partial charge < -0.3 is 5.11 Å². The van der Waals surface area contributed by atoms with Crippen molar-refractivity contribution < 1.29 is 19.5 Å². The molecule has 5 nitrogen and oxygen atoms in total. The SMILES string of the molecule is CC(C)C[C@@H](C(=O)O)N(OCc1ccccc1)C12C(=O)C(C)CCC1C2(C)C.